The Bertz CT molecular complexity index is 450. The smallest absolute Gasteiger partial charge is 0.166 e. The third kappa shape index (κ3) is 1.10. The van der Waals surface area contributed by atoms with Crippen LogP contribution >= 0.6 is 69.6 Å². The molecule has 0 radical (unpaired) electrons. The van der Waals surface area contributed by atoms with Crippen LogP contribution in [0.2, 0.25) is 0 Å². The summed E-state index contributed by atoms with van der Waals surface area (Å²) in [6, 6.07) is 0. The topological polar surface area (TPSA) is 12.5 Å². The summed E-state index contributed by atoms with van der Waals surface area (Å²) in [5.41, 5.74) is 0. The molecule has 2 saturated carbocycles. The highest BCUT2D eigenvalue weighted by atomic mass is 35.5. The van der Waals surface area contributed by atoms with Crippen molar-refractivity contribution in [2.24, 2.45) is 11.8 Å². The minimum Gasteiger partial charge on any atom is -0.370 e. The number of alkyl halides is 4. The molecule has 0 amide bonds. The van der Waals surface area contributed by atoms with Gasteiger partial charge in [-0.15, -0.1) is 23.2 Å². The SMILES string of the molecule is ClC1=C(Cl)[C@]2(Cl)[C@@H]3C[C@@H]4O[C@@H]4C[C@@H]3[C@@]1(Cl)C2(Cl)Cl. The number of ether oxygens (including phenoxy) is 1. The average molecular weight is 369 g/mol. The zero-order valence-corrected chi connectivity index (χ0v) is 13.4. The predicted octanol–water partition coefficient (Wildman–Crippen LogP) is 4.63. The monoisotopic (exact) mass is 366 g/mol. The van der Waals surface area contributed by atoms with Crippen molar-refractivity contribution in [1.29, 1.82) is 0 Å². The Labute approximate surface area is 135 Å². The van der Waals surface area contributed by atoms with E-state index in [9.17, 15) is 0 Å². The highest BCUT2D eigenvalue weighted by Crippen LogP contribution is 2.79. The summed E-state index contributed by atoms with van der Waals surface area (Å²) in [6.45, 7) is 0. The maximum Gasteiger partial charge on any atom is 0.166 e. The van der Waals surface area contributed by atoms with Gasteiger partial charge in [0.25, 0.3) is 0 Å². The van der Waals surface area contributed by atoms with Gasteiger partial charge in [-0.05, 0) is 24.7 Å². The fraction of sp³-hybridized carbons (Fsp3) is 0.818. The van der Waals surface area contributed by atoms with Crippen LogP contribution in [0.3, 0.4) is 0 Å². The first-order valence-corrected chi connectivity index (χ1v) is 8.00. The van der Waals surface area contributed by atoms with Gasteiger partial charge in [0, 0.05) is 0 Å². The number of fused-ring (bicyclic) bond motifs is 6. The molecule has 0 aromatic heterocycles. The number of allylic oxidation sites excluding steroid dienone is 2. The largest absolute Gasteiger partial charge is 0.370 e. The molecule has 0 N–H and O–H groups in total. The molecule has 1 saturated heterocycles. The molecule has 18 heavy (non-hydrogen) atoms. The number of hydrogen-bond acceptors (Lipinski definition) is 1. The zero-order valence-electron chi connectivity index (χ0n) is 8.90. The standard InChI is InChI=1S/C11H8Cl6O/c12-7-8(13)10(15)4-2-6-5(18-6)1-3(4)9(7,14)11(10,16)17/h3-6H,1-2H2/t3-,4+,5+,6-,9-,10+. The minimum atomic E-state index is -1.39. The summed E-state index contributed by atoms with van der Waals surface area (Å²) in [4.78, 5) is -2.20. The Morgan fingerprint density at radius 1 is 0.833 bits per heavy atom. The van der Waals surface area contributed by atoms with Crippen molar-refractivity contribution in [2.75, 3.05) is 0 Å². The van der Waals surface area contributed by atoms with Crippen LogP contribution in [-0.2, 0) is 4.74 Å². The van der Waals surface area contributed by atoms with Gasteiger partial charge in [-0.2, -0.15) is 0 Å². The number of halogens is 6. The normalized spacial score (nSPS) is 59.7. The minimum absolute atomic E-state index is 0.00502. The van der Waals surface area contributed by atoms with Crippen molar-refractivity contribution < 1.29 is 4.74 Å². The first-order valence-electron chi connectivity index (χ1n) is 5.73. The third-order valence-electron chi connectivity index (χ3n) is 4.91. The van der Waals surface area contributed by atoms with Crippen LogP contribution in [0.4, 0.5) is 0 Å². The number of hydrogen-bond donors (Lipinski definition) is 0. The molecule has 0 aromatic rings. The van der Waals surface area contributed by atoms with E-state index in [1.54, 1.807) is 0 Å². The van der Waals surface area contributed by atoms with Crippen molar-refractivity contribution in [3.05, 3.63) is 10.1 Å². The van der Waals surface area contributed by atoms with Gasteiger partial charge in [0.05, 0.1) is 22.3 Å². The molecule has 0 unspecified atom stereocenters. The Morgan fingerprint density at radius 3 is 1.61 bits per heavy atom. The van der Waals surface area contributed by atoms with Crippen LogP contribution in [-0.4, -0.2) is 26.3 Å². The summed E-state index contributed by atoms with van der Waals surface area (Å²) < 4.78 is 4.17. The van der Waals surface area contributed by atoms with Crippen LogP contribution in [0.5, 0.6) is 0 Å². The van der Waals surface area contributed by atoms with Crippen LogP contribution in [0.25, 0.3) is 0 Å². The molecule has 0 aromatic carbocycles. The van der Waals surface area contributed by atoms with E-state index < -0.39 is 14.1 Å². The molecule has 3 aliphatic carbocycles. The van der Waals surface area contributed by atoms with Gasteiger partial charge < -0.3 is 4.74 Å². The first kappa shape index (κ1) is 13.1. The van der Waals surface area contributed by atoms with Gasteiger partial charge in [-0.3, -0.25) is 0 Å². The summed E-state index contributed by atoms with van der Waals surface area (Å²) in [5.74, 6) is 0.0100. The van der Waals surface area contributed by atoms with Gasteiger partial charge in [0.15, 0.2) is 4.33 Å². The third-order valence-corrected chi connectivity index (χ3v) is 9.26. The molecule has 1 heterocycles. The van der Waals surface area contributed by atoms with Crippen molar-refractivity contribution in [1.82, 2.24) is 0 Å². The summed E-state index contributed by atoms with van der Waals surface area (Å²) in [7, 11) is 0. The lowest BCUT2D eigenvalue weighted by molar-refractivity contribution is 0.261. The highest BCUT2D eigenvalue weighted by Gasteiger charge is 2.83. The number of epoxide rings is 1. The molecule has 100 valence electrons. The highest BCUT2D eigenvalue weighted by molar-refractivity contribution is 6.65. The van der Waals surface area contributed by atoms with Crippen LogP contribution in [0, 0.1) is 11.8 Å². The Morgan fingerprint density at radius 2 is 1.22 bits per heavy atom. The molecule has 0 spiro atoms. The summed E-state index contributed by atoms with van der Waals surface area (Å²) >= 11 is 38.9. The molecule has 6 atom stereocenters. The maximum absolute atomic E-state index is 6.70. The van der Waals surface area contributed by atoms with Gasteiger partial charge in [0.2, 0.25) is 0 Å². The lowest BCUT2D eigenvalue weighted by Crippen LogP contribution is -2.44. The quantitative estimate of drug-likeness (QED) is 0.448. The molecule has 4 rings (SSSR count). The second-order valence-electron chi connectivity index (χ2n) is 5.52. The Balaban J connectivity index is 1.94. The van der Waals surface area contributed by atoms with Crippen molar-refractivity contribution >= 4 is 69.6 Å². The van der Waals surface area contributed by atoms with E-state index in [1.807, 2.05) is 0 Å². The second-order valence-corrected chi connectivity index (χ2v) is 8.80. The van der Waals surface area contributed by atoms with Gasteiger partial charge in [-0.25, -0.2) is 0 Å². The van der Waals surface area contributed by atoms with E-state index in [0.29, 0.717) is 10.1 Å². The van der Waals surface area contributed by atoms with Gasteiger partial charge in [0.1, 0.15) is 9.75 Å². The van der Waals surface area contributed by atoms with Gasteiger partial charge >= 0.3 is 0 Å². The summed E-state index contributed by atoms with van der Waals surface area (Å²) in [5, 5.41) is 0.595. The molecule has 2 bridgehead atoms. The van der Waals surface area contributed by atoms with E-state index in [4.69, 9.17) is 74.3 Å². The number of rotatable bonds is 0. The van der Waals surface area contributed by atoms with E-state index >= 15 is 0 Å². The molecule has 1 aliphatic heterocycles. The van der Waals surface area contributed by atoms with E-state index in [0.717, 1.165) is 12.8 Å². The average Bonchev–Trinajstić information content (AvgIpc) is 3.05. The molecular weight excluding hydrogens is 361 g/mol. The predicted molar refractivity (Wildman–Crippen MR) is 75.2 cm³/mol. The van der Waals surface area contributed by atoms with Crippen molar-refractivity contribution in [2.45, 2.75) is 39.1 Å². The molecular formula is C11H8Cl6O. The van der Waals surface area contributed by atoms with E-state index in [-0.39, 0.29) is 24.0 Å². The Kier molecular flexibility index (Phi) is 2.50. The zero-order chi connectivity index (χ0) is 13.1. The molecule has 4 aliphatic rings. The van der Waals surface area contributed by atoms with Gasteiger partial charge in [-0.1, -0.05) is 46.4 Å². The van der Waals surface area contributed by atoms with E-state index in [2.05, 4.69) is 0 Å². The molecule has 1 nitrogen and oxygen atoms in total. The fourth-order valence-corrected chi connectivity index (χ4v) is 7.06. The molecule has 3 fully saturated rings. The van der Waals surface area contributed by atoms with Crippen LogP contribution < -0.4 is 0 Å². The molecule has 7 heteroatoms. The van der Waals surface area contributed by atoms with Crippen molar-refractivity contribution in [3.8, 4) is 0 Å². The second kappa shape index (κ2) is 3.43. The summed E-state index contributed by atoms with van der Waals surface area (Å²) in [6.07, 6.45) is 2.06. The van der Waals surface area contributed by atoms with Crippen LogP contribution in [0.1, 0.15) is 12.8 Å². The fourth-order valence-electron chi connectivity index (χ4n) is 3.95. The van der Waals surface area contributed by atoms with E-state index in [1.165, 1.54) is 0 Å². The lowest BCUT2D eigenvalue weighted by Gasteiger charge is -2.38. The lowest BCUT2D eigenvalue weighted by atomic mass is 9.73. The maximum atomic E-state index is 6.70. The first-order chi connectivity index (χ1) is 8.26. The van der Waals surface area contributed by atoms with Crippen LogP contribution in [0.15, 0.2) is 10.1 Å². The van der Waals surface area contributed by atoms with Crippen molar-refractivity contribution in [3.63, 3.8) is 0 Å². The Hall–Kier alpha value is 1.44.